The molecule has 4 heteroatoms. The van der Waals surface area contributed by atoms with Crippen molar-refractivity contribution in [3.8, 4) is 0 Å². The molecule has 1 saturated heterocycles. The van der Waals surface area contributed by atoms with E-state index in [2.05, 4.69) is 38.1 Å². The van der Waals surface area contributed by atoms with E-state index in [-0.39, 0.29) is 0 Å². The van der Waals surface area contributed by atoms with Gasteiger partial charge in [0.2, 0.25) is 0 Å². The largest absolute Gasteiger partial charge is 0.239 e. The molecule has 0 saturated carbocycles. The molecule has 1 heterocycles. The van der Waals surface area contributed by atoms with Crippen molar-refractivity contribution >= 4 is 45.0 Å². The number of hydrogen-bond acceptors (Lipinski definition) is 4. The van der Waals surface area contributed by atoms with Gasteiger partial charge in [-0.25, -0.2) is 9.98 Å². The first kappa shape index (κ1) is 15.4. The average molecular weight is 326 g/mol. The SMILES string of the molecule is Cc1ccccc1N=C1SCCSC1=Nc1ccccc1C. The molecule has 0 aliphatic carbocycles. The number of rotatable bonds is 2. The molecule has 0 radical (unpaired) electrons. The molecule has 2 nitrogen and oxygen atoms in total. The Morgan fingerprint density at radius 1 is 0.682 bits per heavy atom. The van der Waals surface area contributed by atoms with E-state index in [0.29, 0.717) is 0 Å². The van der Waals surface area contributed by atoms with E-state index in [9.17, 15) is 0 Å². The Kier molecular flexibility index (Phi) is 5.01. The van der Waals surface area contributed by atoms with Crippen molar-refractivity contribution in [2.24, 2.45) is 9.98 Å². The van der Waals surface area contributed by atoms with E-state index in [1.807, 2.05) is 24.3 Å². The fourth-order valence-corrected chi connectivity index (χ4v) is 4.23. The van der Waals surface area contributed by atoms with E-state index < -0.39 is 0 Å². The Labute approximate surface area is 140 Å². The lowest BCUT2D eigenvalue weighted by molar-refractivity contribution is 1.40. The second kappa shape index (κ2) is 7.16. The van der Waals surface area contributed by atoms with E-state index in [4.69, 9.17) is 9.98 Å². The number of aryl methyl sites for hydroxylation is 2. The van der Waals surface area contributed by atoms with Crippen LogP contribution in [0.15, 0.2) is 58.5 Å². The van der Waals surface area contributed by atoms with Crippen molar-refractivity contribution < 1.29 is 0 Å². The highest BCUT2D eigenvalue weighted by Crippen LogP contribution is 2.29. The predicted molar refractivity (Wildman–Crippen MR) is 101 cm³/mol. The molecular weight excluding hydrogens is 308 g/mol. The highest BCUT2D eigenvalue weighted by atomic mass is 32.2. The molecule has 1 aliphatic rings. The Morgan fingerprint density at radius 2 is 1.09 bits per heavy atom. The van der Waals surface area contributed by atoms with Gasteiger partial charge in [-0.1, -0.05) is 36.4 Å². The maximum atomic E-state index is 4.85. The summed E-state index contributed by atoms with van der Waals surface area (Å²) in [4.78, 5) is 9.71. The Bertz CT molecular complexity index is 672. The first-order chi connectivity index (χ1) is 10.7. The predicted octanol–water partition coefficient (Wildman–Crippen LogP) is 5.54. The Morgan fingerprint density at radius 3 is 1.50 bits per heavy atom. The number of aliphatic imine (C=N–C) groups is 2. The molecule has 1 fully saturated rings. The van der Waals surface area contributed by atoms with Crippen LogP contribution in [0.25, 0.3) is 0 Å². The van der Waals surface area contributed by atoms with Crippen molar-refractivity contribution in [1.82, 2.24) is 0 Å². The summed E-state index contributed by atoms with van der Waals surface area (Å²) in [5, 5.41) is 2.07. The van der Waals surface area contributed by atoms with Crippen LogP contribution in [0.1, 0.15) is 11.1 Å². The van der Waals surface area contributed by atoms with Gasteiger partial charge in [0.15, 0.2) is 0 Å². The quantitative estimate of drug-likeness (QED) is 0.723. The minimum atomic E-state index is 1.03. The van der Waals surface area contributed by atoms with Gasteiger partial charge in [-0.2, -0.15) is 0 Å². The molecule has 0 spiro atoms. The standard InChI is InChI=1S/C18H18N2S2/c1-13-7-3-5-9-15(13)19-17-18(22-12-11-21-17)20-16-10-6-4-8-14(16)2/h3-10H,11-12H2,1-2H3. The normalized spacial score (nSPS) is 18.8. The van der Waals surface area contributed by atoms with Crippen molar-refractivity contribution in [3.63, 3.8) is 0 Å². The summed E-state index contributed by atoms with van der Waals surface area (Å²) >= 11 is 3.60. The molecule has 0 N–H and O–H groups in total. The van der Waals surface area contributed by atoms with Gasteiger partial charge in [-0.05, 0) is 37.1 Å². The second-order valence-corrected chi connectivity index (χ2v) is 7.27. The third-order valence-electron chi connectivity index (χ3n) is 3.42. The molecule has 2 aromatic carbocycles. The summed E-state index contributed by atoms with van der Waals surface area (Å²) in [6.07, 6.45) is 0. The molecule has 0 atom stereocenters. The molecule has 0 bridgehead atoms. The van der Waals surface area contributed by atoms with Crippen molar-refractivity contribution in [1.29, 1.82) is 0 Å². The van der Waals surface area contributed by atoms with Crippen LogP contribution in [0.2, 0.25) is 0 Å². The molecule has 0 unspecified atom stereocenters. The molecular formula is C18H18N2S2. The van der Waals surface area contributed by atoms with Gasteiger partial charge in [0.05, 0.1) is 11.4 Å². The Hall–Kier alpha value is -1.52. The third kappa shape index (κ3) is 3.62. The zero-order valence-corrected chi connectivity index (χ0v) is 14.4. The first-order valence-electron chi connectivity index (χ1n) is 7.28. The van der Waals surface area contributed by atoms with Gasteiger partial charge in [-0.15, -0.1) is 23.5 Å². The van der Waals surface area contributed by atoms with Gasteiger partial charge < -0.3 is 0 Å². The lowest BCUT2D eigenvalue weighted by atomic mass is 10.2. The van der Waals surface area contributed by atoms with E-state index in [1.165, 1.54) is 11.1 Å². The van der Waals surface area contributed by atoms with Crippen LogP contribution in [0.3, 0.4) is 0 Å². The Balaban J connectivity index is 1.99. The summed E-state index contributed by atoms with van der Waals surface area (Å²) in [5.41, 5.74) is 4.46. The van der Waals surface area contributed by atoms with Crippen molar-refractivity contribution in [2.45, 2.75) is 13.8 Å². The lowest BCUT2D eigenvalue weighted by Crippen LogP contribution is -2.14. The summed E-state index contributed by atoms with van der Waals surface area (Å²) in [6.45, 7) is 4.19. The zero-order valence-electron chi connectivity index (χ0n) is 12.7. The number of para-hydroxylation sites is 2. The topological polar surface area (TPSA) is 24.7 Å². The number of thioether (sulfide) groups is 2. The van der Waals surface area contributed by atoms with Crippen molar-refractivity contribution in [3.05, 3.63) is 59.7 Å². The highest BCUT2D eigenvalue weighted by molar-refractivity contribution is 8.27. The van der Waals surface area contributed by atoms with Crippen molar-refractivity contribution in [2.75, 3.05) is 11.5 Å². The third-order valence-corrected chi connectivity index (χ3v) is 5.74. The van der Waals surface area contributed by atoms with Gasteiger partial charge in [0.1, 0.15) is 10.1 Å². The molecule has 0 aromatic heterocycles. The number of hydrogen-bond donors (Lipinski definition) is 0. The average Bonchev–Trinajstić information content (AvgIpc) is 2.53. The number of benzene rings is 2. The van der Waals surface area contributed by atoms with Gasteiger partial charge in [0.25, 0.3) is 0 Å². The fraction of sp³-hybridized carbons (Fsp3) is 0.222. The molecule has 22 heavy (non-hydrogen) atoms. The van der Waals surface area contributed by atoms with Crippen LogP contribution in [0, 0.1) is 13.8 Å². The monoisotopic (exact) mass is 326 g/mol. The summed E-state index contributed by atoms with van der Waals surface area (Å²) in [5.74, 6) is 2.17. The fourth-order valence-electron chi connectivity index (χ4n) is 2.16. The molecule has 1 aliphatic heterocycles. The van der Waals surface area contributed by atoms with Crippen LogP contribution in [-0.4, -0.2) is 21.6 Å². The summed E-state index contributed by atoms with van der Waals surface area (Å²) < 4.78 is 0. The van der Waals surface area contributed by atoms with Gasteiger partial charge >= 0.3 is 0 Å². The van der Waals surface area contributed by atoms with Crippen LogP contribution >= 0.6 is 23.5 Å². The highest BCUT2D eigenvalue weighted by Gasteiger charge is 2.17. The van der Waals surface area contributed by atoms with E-state index >= 15 is 0 Å². The minimum absolute atomic E-state index is 1.03. The summed E-state index contributed by atoms with van der Waals surface area (Å²) in [7, 11) is 0. The first-order valence-corrected chi connectivity index (χ1v) is 9.26. The van der Waals surface area contributed by atoms with Gasteiger partial charge in [0, 0.05) is 11.5 Å². The molecule has 0 amide bonds. The van der Waals surface area contributed by atoms with E-state index in [1.54, 1.807) is 23.5 Å². The minimum Gasteiger partial charge on any atom is -0.239 e. The molecule has 2 aromatic rings. The van der Waals surface area contributed by atoms with Crippen LogP contribution < -0.4 is 0 Å². The summed E-state index contributed by atoms with van der Waals surface area (Å²) in [6, 6.07) is 16.5. The maximum Gasteiger partial charge on any atom is 0.129 e. The van der Waals surface area contributed by atoms with Crippen LogP contribution in [0.4, 0.5) is 11.4 Å². The second-order valence-electron chi connectivity index (χ2n) is 5.10. The van der Waals surface area contributed by atoms with Gasteiger partial charge in [-0.3, -0.25) is 0 Å². The number of nitrogens with zero attached hydrogens (tertiary/aromatic N) is 2. The lowest BCUT2D eigenvalue weighted by Gasteiger charge is -2.15. The van der Waals surface area contributed by atoms with E-state index in [0.717, 1.165) is 33.0 Å². The smallest absolute Gasteiger partial charge is 0.129 e. The van der Waals surface area contributed by atoms with Crippen LogP contribution in [0.5, 0.6) is 0 Å². The zero-order chi connectivity index (χ0) is 15.4. The molecule has 3 rings (SSSR count). The van der Waals surface area contributed by atoms with Crippen LogP contribution in [-0.2, 0) is 0 Å². The maximum absolute atomic E-state index is 4.85. The molecule has 112 valence electrons.